The number of rotatable bonds is 9. The molecule has 0 saturated carbocycles. The second-order valence-electron chi connectivity index (χ2n) is 5.43. The van der Waals surface area contributed by atoms with Crippen molar-refractivity contribution in [3.05, 3.63) is 54.1 Å². The highest BCUT2D eigenvalue weighted by Gasteiger charge is 2.08. The van der Waals surface area contributed by atoms with Crippen molar-refractivity contribution < 1.29 is 19.1 Å². The first kappa shape index (κ1) is 19.3. The van der Waals surface area contributed by atoms with Crippen LogP contribution in [0, 0.1) is 0 Å². The molecule has 0 aliphatic carbocycles. The Balaban J connectivity index is 1.83. The van der Waals surface area contributed by atoms with E-state index in [1.165, 1.54) is 0 Å². The number of carbonyl (C=O) groups is 2. The van der Waals surface area contributed by atoms with Crippen molar-refractivity contribution in [1.29, 1.82) is 0 Å². The van der Waals surface area contributed by atoms with Gasteiger partial charge in [-0.2, -0.15) is 0 Å². The highest BCUT2D eigenvalue weighted by atomic mass is 16.5. The highest BCUT2D eigenvalue weighted by molar-refractivity contribution is 5.96. The van der Waals surface area contributed by atoms with Crippen molar-refractivity contribution in [2.75, 3.05) is 44.5 Å². The number of hydrogen-bond donors (Lipinski definition) is 3. The molecule has 3 N–H and O–H groups in total. The number of ether oxygens (including phenoxy) is 2. The van der Waals surface area contributed by atoms with E-state index in [2.05, 4.69) is 16.0 Å². The lowest BCUT2D eigenvalue weighted by Gasteiger charge is -2.11. The lowest BCUT2D eigenvalue weighted by atomic mass is 10.2. The Labute approximate surface area is 152 Å². The van der Waals surface area contributed by atoms with E-state index in [9.17, 15) is 9.59 Å². The molecule has 2 amide bonds. The molecule has 0 heterocycles. The maximum atomic E-state index is 12.1. The standard InChI is InChI=1S/C19H23N3O4/c1-25-12-11-20-19(24)14-7-9-15(10-8-14)21-13-18(23)22-16-5-3-4-6-17(16)26-2/h3-10,21H,11-13H2,1-2H3,(H,20,24)(H,22,23). The van der Waals surface area contributed by atoms with Gasteiger partial charge in [-0.15, -0.1) is 0 Å². The third-order valence-corrected chi connectivity index (χ3v) is 3.57. The average Bonchev–Trinajstić information content (AvgIpc) is 2.67. The molecule has 0 aliphatic rings. The number of carbonyl (C=O) groups excluding carboxylic acids is 2. The molecule has 0 spiro atoms. The van der Waals surface area contributed by atoms with Crippen LogP contribution >= 0.6 is 0 Å². The summed E-state index contributed by atoms with van der Waals surface area (Å²) in [5.41, 5.74) is 1.91. The molecule has 0 bridgehead atoms. The van der Waals surface area contributed by atoms with Crippen LogP contribution in [0.25, 0.3) is 0 Å². The second-order valence-corrected chi connectivity index (χ2v) is 5.43. The molecule has 0 unspecified atom stereocenters. The van der Waals surface area contributed by atoms with Gasteiger partial charge in [0, 0.05) is 24.9 Å². The SMILES string of the molecule is COCCNC(=O)c1ccc(NCC(=O)Nc2ccccc2OC)cc1. The second kappa shape index (κ2) is 10.0. The maximum absolute atomic E-state index is 12.1. The van der Waals surface area contributed by atoms with Crippen LogP contribution in [-0.4, -0.2) is 45.7 Å². The van der Waals surface area contributed by atoms with Crippen LogP contribution in [0.5, 0.6) is 5.75 Å². The number of nitrogens with one attached hydrogen (secondary N) is 3. The summed E-state index contributed by atoms with van der Waals surface area (Å²) < 4.78 is 10.1. The van der Waals surface area contributed by atoms with E-state index >= 15 is 0 Å². The van der Waals surface area contributed by atoms with Gasteiger partial charge in [0.2, 0.25) is 5.91 Å². The van der Waals surface area contributed by atoms with Crippen molar-refractivity contribution in [3.8, 4) is 5.75 Å². The van der Waals surface area contributed by atoms with E-state index in [0.717, 1.165) is 5.69 Å². The number of benzene rings is 2. The summed E-state index contributed by atoms with van der Waals surface area (Å²) in [6.07, 6.45) is 0. The van der Waals surface area contributed by atoms with Gasteiger partial charge < -0.3 is 25.4 Å². The van der Waals surface area contributed by atoms with E-state index in [4.69, 9.17) is 9.47 Å². The zero-order chi connectivity index (χ0) is 18.8. The fourth-order valence-corrected chi connectivity index (χ4v) is 2.23. The van der Waals surface area contributed by atoms with Gasteiger partial charge in [0.25, 0.3) is 5.91 Å². The molecule has 0 atom stereocenters. The molecule has 0 fully saturated rings. The van der Waals surface area contributed by atoms with Crippen LogP contribution in [0.15, 0.2) is 48.5 Å². The molecule has 7 heteroatoms. The summed E-state index contributed by atoms with van der Waals surface area (Å²) in [6.45, 7) is 1.02. The Morgan fingerprint density at radius 2 is 1.73 bits per heavy atom. The molecule has 26 heavy (non-hydrogen) atoms. The van der Waals surface area contributed by atoms with Gasteiger partial charge in [0.1, 0.15) is 5.75 Å². The van der Waals surface area contributed by atoms with E-state index in [1.807, 2.05) is 12.1 Å². The highest BCUT2D eigenvalue weighted by Crippen LogP contribution is 2.22. The quantitative estimate of drug-likeness (QED) is 0.598. The molecule has 0 radical (unpaired) electrons. The molecule has 7 nitrogen and oxygen atoms in total. The molecule has 2 rings (SSSR count). The summed E-state index contributed by atoms with van der Waals surface area (Å²) in [5, 5.41) is 8.55. The number of amides is 2. The van der Waals surface area contributed by atoms with E-state index in [1.54, 1.807) is 50.6 Å². The zero-order valence-corrected chi connectivity index (χ0v) is 14.9. The van der Waals surface area contributed by atoms with Crippen molar-refractivity contribution in [3.63, 3.8) is 0 Å². The van der Waals surface area contributed by atoms with E-state index in [0.29, 0.717) is 30.2 Å². The first-order valence-electron chi connectivity index (χ1n) is 8.18. The average molecular weight is 357 g/mol. The molecule has 0 aliphatic heterocycles. The molecule has 0 saturated heterocycles. The van der Waals surface area contributed by atoms with Gasteiger partial charge in [-0.25, -0.2) is 0 Å². The number of anilines is 2. The van der Waals surface area contributed by atoms with Crippen LogP contribution in [0.2, 0.25) is 0 Å². The third kappa shape index (κ3) is 5.78. The molecular weight excluding hydrogens is 334 g/mol. The van der Waals surface area contributed by atoms with Crippen LogP contribution < -0.4 is 20.7 Å². The normalized spacial score (nSPS) is 10.1. The van der Waals surface area contributed by atoms with Crippen molar-refractivity contribution >= 4 is 23.2 Å². The summed E-state index contributed by atoms with van der Waals surface area (Å²) in [4.78, 5) is 24.0. The Hall–Kier alpha value is -3.06. The van der Waals surface area contributed by atoms with Gasteiger partial charge in [0.05, 0.1) is 25.9 Å². The van der Waals surface area contributed by atoms with E-state index in [-0.39, 0.29) is 18.4 Å². The van der Waals surface area contributed by atoms with Gasteiger partial charge in [0.15, 0.2) is 0 Å². The fourth-order valence-electron chi connectivity index (χ4n) is 2.23. The smallest absolute Gasteiger partial charge is 0.251 e. The monoisotopic (exact) mass is 357 g/mol. The minimum atomic E-state index is -0.198. The molecule has 2 aromatic carbocycles. The van der Waals surface area contributed by atoms with Gasteiger partial charge >= 0.3 is 0 Å². The van der Waals surface area contributed by atoms with Crippen LogP contribution in [0.1, 0.15) is 10.4 Å². The zero-order valence-electron chi connectivity index (χ0n) is 14.9. The summed E-state index contributed by atoms with van der Waals surface area (Å²) in [6, 6.07) is 14.1. The molecular formula is C19H23N3O4. The van der Waals surface area contributed by atoms with Gasteiger partial charge in [-0.05, 0) is 36.4 Å². The number of methoxy groups -OCH3 is 2. The Morgan fingerprint density at radius 3 is 2.42 bits per heavy atom. The van der Waals surface area contributed by atoms with E-state index < -0.39 is 0 Å². The van der Waals surface area contributed by atoms with Gasteiger partial charge in [-0.1, -0.05) is 12.1 Å². The van der Waals surface area contributed by atoms with Crippen LogP contribution in [0.4, 0.5) is 11.4 Å². The Bertz CT molecular complexity index is 732. The summed E-state index contributed by atoms with van der Waals surface area (Å²) >= 11 is 0. The predicted octanol–water partition coefficient (Wildman–Crippen LogP) is 2.12. The summed E-state index contributed by atoms with van der Waals surface area (Å²) in [5.74, 6) is 0.239. The Morgan fingerprint density at radius 1 is 1.00 bits per heavy atom. The first-order chi connectivity index (χ1) is 12.6. The number of hydrogen-bond acceptors (Lipinski definition) is 5. The van der Waals surface area contributed by atoms with Gasteiger partial charge in [-0.3, -0.25) is 9.59 Å². The van der Waals surface area contributed by atoms with Crippen molar-refractivity contribution in [1.82, 2.24) is 5.32 Å². The minimum absolute atomic E-state index is 0.0947. The lowest BCUT2D eigenvalue weighted by Crippen LogP contribution is -2.26. The molecule has 2 aromatic rings. The van der Waals surface area contributed by atoms with Crippen molar-refractivity contribution in [2.45, 2.75) is 0 Å². The number of para-hydroxylation sites is 2. The predicted molar refractivity (Wildman–Crippen MR) is 101 cm³/mol. The maximum Gasteiger partial charge on any atom is 0.251 e. The van der Waals surface area contributed by atoms with Crippen LogP contribution in [-0.2, 0) is 9.53 Å². The third-order valence-electron chi connectivity index (χ3n) is 3.57. The minimum Gasteiger partial charge on any atom is -0.495 e. The Kier molecular flexibility index (Phi) is 7.45. The van der Waals surface area contributed by atoms with Crippen LogP contribution in [0.3, 0.4) is 0 Å². The summed E-state index contributed by atoms with van der Waals surface area (Å²) in [7, 11) is 3.13. The topological polar surface area (TPSA) is 88.7 Å². The molecule has 0 aromatic heterocycles. The molecule has 138 valence electrons. The first-order valence-corrected chi connectivity index (χ1v) is 8.18. The van der Waals surface area contributed by atoms with Crippen molar-refractivity contribution in [2.24, 2.45) is 0 Å². The lowest BCUT2D eigenvalue weighted by molar-refractivity contribution is -0.114. The largest absolute Gasteiger partial charge is 0.495 e. The fraction of sp³-hybridized carbons (Fsp3) is 0.263.